The van der Waals surface area contributed by atoms with E-state index in [1.807, 2.05) is 0 Å². The normalized spacial score (nSPS) is 14.8. The SMILES string of the molecule is O=C(O)C1CCN(c2ccc(-c3cccc(F)c3)c(OC(F)F)c2NS(=O)(=O)c2cccc(C(F)(F)F)c2)CC1. The van der Waals surface area contributed by atoms with E-state index in [4.69, 9.17) is 4.74 Å². The fourth-order valence-corrected chi connectivity index (χ4v) is 5.55. The molecule has 7 nitrogen and oxygen atoms in total. The van der Waals surface area contributed by atoms with Gasteiger partial charge in [-0.1, -0.05) is 18.2 Å². The summed E-state index contributed by atoms with van der Waals surface area (Å²) in [4.78, 5) is 12.1. The number of alkyl halides is 5. The number of hydrogen-bond donors (Lipinski definition) is 2. The van der Waals surface area contributed by atoms with Crippen LogP contribution in [0.3, 0.4) is 0 Å². The fraction of sp³-hybridized carbons (Fsp3) is 0.269. The van der Waals surface area contributed by atoms with Gasteiger partial charge in [-0.05, 0) is 60.9 Å². The highest BCUT2D eigenvalue weighted by molar-refractivity contribution is 7.92. The fourth-order valence-electron chi connectivity index (χ4n) is 4.43. The summed E-state index contributed by atoms with van der Waals surface area (Å²) in [7, 11) is -4.82. The summed E-state index contributed by atoms with van der Waals surface area (Å²) in [6.45, 7) is -3.26. The van der Waals surface area contributed by atoms with E-state index in [1.54, 1.807) is 4.90 Å². The van der Waals surface area contributed by atoms with Gasteiger partial charge in [0.1, 0.15) is 11.5 Å². The Bertz CT molecular complexity index is 1510. The first-order valence-corrected chi connectivity index (χ1v) is 13.3. The molecule has 0 unspecified atom stereocenters. The first kappa shape index (κ1) is 29.1. The van der Waals surface area contributed by atoms with Crippen LogP contribution in [0.2, 0.25) is 0 Å². The predicted molar refractivity (Wildman–Crippen MR) is 133 cm³/mol. The first-order chi connectivity index (χ1) is 18.8. The van der Waals surface area contributed by atoms with E-state index in [0.29, 0.717) is 12.1 Å². The van der Waals surface area contributed by atoms with Crippen LogP contribution in [0.4, 0.5) is 37.7 Å². The number of carboxylic acids is 1. The van der Waals surface area contributed by atoms with Gasteiger partial charge in [-0.25, -0.2) is 12.8 Å². The molecule has 3 aromatic carbocycles. The molecular weight excluding hydrogens is 566 g/mol. The number of piperidine rings is 1. The molecule has 1 fully saturated rings. The van der Waals surface area contributed by atoms with Crippen molar-refractivity contribution in [3.8, 4) is 16.9 Å². The molecule has 0 aliphatic carbocycles. The molecule has 0 atom stereocenters. The molecule has 1 heterocycles. The zero-order valence-corrected chi connectivity index (χ0v) is 21.3. The lowest BCUT2D eigenvalue weighted by Gasteiger charge is -2.34. The number of hydrogen-bond acceptors (Lipinski definition) is 5. The Hall–Kier alpha value is -3.94. The van der Waals surface area contributed by atoms with Crippen molar-refractivity contribution in [2.45, 2.75) is 30.5 Å². The van der Waals surface area contributed by atoms with Crippen molar-refractivity contribution < 1.29 is 49.4 Å². The molecule has 3 aromatic rings. The number of rotatable bonds is 8. The molecular formula is C26H22F6N2O5S. The Morgan fingerprint density at radius 2 is 1.70 bits per heavy atom. The van der Waals surface area contributed by atoms with E-state index in [-0.39, 0.29) is 42.7 Å². The molecule has 2 N–H and O–H groups in total. The van der Waals surface area contributed by atoms with Gasteiger partial charge in [0, 0.05) is 18.7 Å². The Morgan fingerprint density at radius 1 is 1.02 bits per heavy atom. The molecule has 0 radical (unpaired) electrons. The van der Waals surface area contributed by atoms with Crippen molar-refractivity contribution in [1.29, 1.82) is 0 Å². The number of aliphatic carboxylic acids is 1. The third-order valence-corrected chi connectivity index (χ3v) is 7.72. The Kier molecular flexibility index (Phi) is 8.19. The summed E-state index contributed by atoms with van der Waals surface area (Å²) in [5.41, 5.74) is -1.80. The second-order valence-electron chi connectivity index (χ2n) is 8.96. The van der Waals surface area contributed by atoms with Gasteiger partial charge in [0.25, 0.3) is 10.0 Å². The number of halogens is 6. The summed E-state index contributed by atoms with van der Waals surface area (Å²) < 4.78 is 115. The van der Waals surface area contributed by atoms with Gasteiger partial charge in [0.05, 0.1) is 22.1 Å². The Labute approximate surface area is 225 Å². The van der Waals surface area contributed by atoms with E-state index >= 15 is 0 Å². The lowest BCUT2D eigenvalue weighted by molar-refractivity contribution is -0.142. The Morgan fingerprint density at radius 3 is 2.30 bits per heavy atom. The van der Waals surface area contributed by atoms with Crippen molar-refractivity contribution >= 4 is 27.4 Å². The molecule has 0 spiro atoms. The van der Waals surface area contributed by atoms with Crippen molar-refractivity contribution in [3.05, 3.63) is 72.0 Å². The topological polar surface area (TPSA) is 95.9 Å². The average molecular weight is 589 g/mol. The van der Waals surface area contributed by atoms with E-state index in [1.165, 1.54) is 24.3 Å². The molecule has 4 rings (SSSR count). The second-order valence-corrected chi connectivity index (χ2v) is 10.6. The maximum Gasteiger partial charge on any atom is 0.416 e. The van der Waals surface area contributed by atoms with Crippen LogP contribution in [-0.2, 0) is 21.0 Å². The molecule has 0 bridgehead atoms. The summed E-state index contributed by atoms with van der Waals surface area (Å²) >= 11 is 0. The molecule has 1 saturated heterocycles. The van der Waals surface area contributed by atoms with Crippen molar-refractivity contribution in [2.75, 3.05) is 22.7 Å². The first-order valence-electron chi connectivity index (χ1n) is 11.8. The zero-order valence-electron chi connectivity index (χ0n) is 20.5. The number of carbonyl (C=O) groups is 1. The number of nitrogens with zero attached hydrogens (tertiary/aromatic N) is 1. The summed E-state index contributed by atoms with van der Waals surface area (Å²) in [6, 6.07) is 10.3. The third kappa shape index (κ3) is 6.43. The minimum absolute atomic E-state index is 0.0233. The summed E-state index contributed by atoms with van der Waals surface area (Å²) in [6.07, 6.45) is -4.54. The van der Waals surface area contributed by atoms with Gasteiger partial charge in [0.2, 0.25) is 0 Å². The van der Waals surface area contributed by atoms with E-state index in [9.17, 15) is 44.7 Å². The zero-order chi connectivity index (χ0) is 29.2. The molecule has 1 aliphatic rings. The summed E-state index contributed by atoms with van der Waals surface area (Å²) in [5, 5.41) is 9.31. The average Bonchev–Trinajstić information content (AvgIpc) is 2.89. The molecule has 1 aliphatic heterocycles. The van der Waals surface area contributed by atoms with Crippen LogP contribution in [0.1, 0.15) is 18.4 Å². The van der Waals surface area contributed by atoms with Gasteiger partial charge >= 0.3 is 18.8 Å². The van der Waals surface area contributed by atoms with E-state index in [2.05, 4.69) is 4.72 Å². The highest BCUT2D eigenvalue weighted by Crippen LogP contribution is 2.46. The number of carboxylic acid groups (broad SMARTS) is 1. The van der Waals surface area contributed by atoms with Crippen LogP contribution >= 0.6 is 0 Å². The van der Waals surface area contributed by atoms with Crippen LogP contribution in [-0.4, -0.2) is 39.2 Å². The lowest BCUT2D eigenvalue weighted by atomic mass is 9.96. The van der Waals surface area contributed by atoms with Crippen LogP contribution in [0.25, 0.3) is 11.1 Å². The van der Waals surface area contributed by atoms with Crippen LogP contribution in [0.5, 0.6) is 5.75 Å². The summed E-state index contributed by atoms with van der Waals surface area (Å²) in [5.74, 6) is -3.10. The van der Waals surface area contributed by atoms with Crippen molar-refractivity contribution in [3.63, 3.8) is 0 Å². The lowest BCUT2D eigenvalue weighted by Crippen LogP contribution is -2.37. The van der Waals surface area contributed by atoms with Crippen LogP contribution in [0, 0.1) is 11.7 Å². The number of ether oxygens (including phenoxy) is 1. The number of nitrogens with one attached hydrogen (secondary N) is 1. The van der Waals surface area contributed by atoms with Gasteiger partial charge in [0.15, 0.2) is 5.75 Å². The van der Waals surface area contributed by atoms with Gasteiger partial charge in [-0.3, -0.25) is 9.52 Å². The number of anilines is 2. The Balaban J connectivity index is 1.88. The molecule has 40 heavy (non-hydrogen) atoms. The van der Waals surface area contributed by atoms with Gasteiger partial charge in [-0.2, -0.15) is 22.0 Å². The molecule has 14 heteroatoms. The monoisotopic (exact) mass is 588 g/mol. The van der Waals surface area contributed by atoms with Crippen LogP contribution in [0.15, 0.2) is 65.6 Å². The minimum atomic E-state index is -4.85. The maximum absolute atomic E-state index is 14.0. The van der Waals surface area contributed by atoms with E-state index in [0.717, 1.165) is 24.3 Å². The molecule has 0 amide bonds. The quantitative estimate of drug-likeness (QED) is 0.304. The van der Waals surface area contributed by atoms with Gasteiger partial charge in [-0.15, -0.1) is 0 Å². The maximum atomic E-state index is 14.0. The van der Waals surface area contributed by atoms with Crippen LogP contribution < -0.4 is 14.4 Å². The largest absolute Gasteiger partial charge is 0.481 e. The number of sulfonamides is 1. The van der Waals surface area contributed by atoms with Gasteiger partial charge < -0.3 is 14.7 Å². The highest BCUT2D eigenvalue weighted by Gasteiger charge is 2.33. The minimum Gasteiger partial charge on any atom is -0.481 e. The highest BCUT2D eigenvalue weighted by atomic mass is 32.2. The molecule has 214 valence electrons. The number of benzene rings is 3. The predicted octanol–water partition coefficient (Wildman–Crippen LogP) is 6.21. The standard InChI is InChI=1S/C26H22F6N2O5S/c27-18-5-1-3-16(13-18)20-7-8-21(34-11-9-15(10-12-34)24(35)36)22(23(20)39-25(28)29)33-40(37,38)19-6-2-4-17(14-19)26(30,31)32/h1-8,13-15,25,33H,9-12H2,(H,35,36). The molecule has 0 aromatic heterocycles. The third-order valence-electron chi connectivity index (χ3n) is 6.37. The second kappa shape index (κ2) is 11.3. The van der Waals surface area contributed by atoms with E-state index < -0.39 is 62.4 Å². The van der Waals surface area contributed by atoms with Crippen molar-refractivity contribution in [1.82, 2.24) is 0 Å². The van der Waals surface area contributed by atoms with Crippen molar-refractivity contribution in [2.24, 2.45) is 5.92 Å². The molecule has 0 saturated carbocycles. The smallest absolute Gasteiger partial charge is 0.416 e.